The lowest BCUT2D eigenvalue weighted by Gasteiger charge is -2.42. The standard InChI is InChI=1S/C14H11N3O/c1-14(8-15)9-17(13(14)18)11-6-2-4-10-5-3-7-16-12(10)11/h2-7H,9H2,1H3. The average molecular weight is 237 g/mol. The molecule has 0 saturated carbocycles. The molecule has 1 aliphatic heterocycles. The van der Waals surface area contributed by atoms with Crippen LogP contribution >= 0.6 is 0 Å². The first-order valence-corrected chi connectivity index (χ1v) is 5.73. The molecule has 1 fully saturated rings. The molecule has 0 bridgehead atoms. The van der Waals surface area contributed by atoms with E-state index in [9.17, 15) is 4.79 Å². The summed E-state index contributed by atoms with van der Waals surface area (Å²) in [5, 5.41) is 9.97. The molecule has 3 rings (SSSR count). The van der Waals surface area contributed by atoms with E-state index in [4.69, 9.17) is 5.26 Å². The second-order valence-corrected chi connectivity index (χ2v) is 4.69. The molecule has 0 N–H and O–H groups in total. The van der Waals surface area contributed by atoms with E-state index in [0.29, 0.717) is 6.54 Å². The summed E-state index contributed by atoms with van der Waals surface area (Å²) in [6, 6.07) is 11.6. The van der Waals surface area contributed by atoms with Gasteiger partial charge in [0.2, 0.25) is 5.91 Å². The van der Waals surface area contributed by atoms with E-state index in [2.05, 4.69) is 11.1 Å². The number of carbonyl (C=O) groups excluding carboxylic acids is 1. The minimum absolute atomic E-state index is 0.150. The summed E-state index contributed by atoms with van der Waals surface area (Å²) < 4.78 is 0. The van der Waals surface area contributed by atoms with Gasteiger partial charge in [0.05, 0.1) is 23.8 Å². The molecule has 88 valence electrons. The highest BCUT2D eigenvalue weighted by molar-refractivity contribution is 6.10. The average Bonchev–Trinajstić information content (AvgIpc) is 2.43. The Labute approximate surface area is 104 Å². The van der Waals surface area contributed by atoms with E-state index in [0.717, 1.165) is 16.6 Å². The van der Waals surface area contributed by atoms with Gasteiger partial charge in [0.1, 0.15) is 0 Å². The van der Waals surface area contributed by atoms with E-state index in [1.54, 1.807) is 18.0 Å². The number of fused-ring (bicyclic) bond motifs is 1. The Balaban J connectivity index is 2.08. The number of β-lactam (4-membered cyclic amide) rings is 1. The number of aromatic nitrogens is 1. The smallest absolute Gasteiger partial charge is 0.249 e. The molecule has 0 radical (unpaired) electrons. The molecule has 1 amide bonds. The maximum atomic E-state index is 12.0. The van der Waals surface area contributed by atoms with Crippen molar-refractivity contribution < 1.29 is 4.79 Å². The third-order valence-corrected chi connectivity index (χ3v) is 3.34. The van der Waals surface area contributed by atoms with Crippen LogP contribution in [0.1, 0.15) is 6.92 Å². The van der Waals surface area contributed by atoms with E-state index in [1.807, 2.05) is 30.3 Å². The van der Waals surface area contributed by atoms with Crippen LogP contribution in [-0.4, -0.2) is 17.4 Å². The SMILES string of the molecule is CC1(C#N)CN(c2cccc3cccnc23)C1=O. The molecule has 2 heterocycles. The van der Waals surface area contributed by atoms with E-state index in [1.165, 1.54) is 0 Å². The molecule has 4 nitrogen and oxygen atoms in total. The second-order valence-electron chi connectivity index (χ2n) is 4.69. The Kier molecular flexibility index (Phi) is 2.11. The van der Waals surface area contributed by atoms with Crippen molar-refractivity contribution in [2.45, 2.75) is 6.92 Å². The molecule has 1 aromatic heterocycles. The van der Waals surface area contributed by atoms with Crippen molar-refractivity contribution in [2.75, 3.05) is 11.4 Å². The Morgan fingerprint density at radius 1 is 1.39 bits per heavy atom. The van der Waals surface area contributed by atoms with Crippen LogP contribution in [0.3, 0.4) is 0 Å². The lowest BCUT2D eigenvalue weighted by atomic mass is 9.82. The number of hydrogen-bond acceptors (Lipinski definition) is 3. The Hall–Kier alpha value is -2.41. The summed E-state index contributed by atoms with van der Waals surface area (Å²) >= 11 is 0. The van der Waals surface area contributed by atoms with Gasteiger partial charge in [0.15, 0.2) is 5.41 Å². The Morgan fingerprint density at radius 3 is 2.89 bits per heavy atom. The topological polar surface area (TPSA) is 57.0 Å². The lowest BCUT2D eigenvalue weighted by molar-refractivity contribution is -0.130. The van der Waals surface area contributed by atoms with Gasteiger partial charge in [-0.2, -0.15) is 5.26 Å². The van der Waals surface area contributed by atoms with Gasteiger partial charge < -0.3 is 4.90 Å². The molecule has 1 aliphatic rings. The molecule has 0 aliphatic carbocycles. The van der Waals surface area contributed by atoms with Gasteiger partial charge in [-0.1, -0.05) is 18.2 Å². The van der Waals surface area contributed by atoms with Gasteiger partial charge in [0, 0.05) is 11.6 Å². The van der Waals surface area contributed by atoms with Crippen LogP contribution in [0.4, 0.5) is 5.69 Å². The lowest BCUT2D eigenvalue weighted by Crippen LogP contribution is -2.59. The summed E-state index contributed by atoms with van der Waals surface area (Å²) in [5.41, 5.74) is 0.705. The third-order valence-electron chi connectivity index (χ3n) is 3.34. The number of benzene rings is 1. The summed E-state index contributed by atoms with van der Waals surface area (Å²) in [6.07, 6.45) is 1.71. The summed E-state index contributed by atoms with van der Waals surface area (Å²) in [4.78, 5) is 18.0. The number of hydrogen-bond donors (Lipinski definition) is 0. The zero-order valence-electron chi connectivity index (χ0n) is 9.92. The number of carbonyl (C=O) groups is 1. The molecule has 4 heteroatoms. The highest BCUT2D eigenvalue weighted by Gasteiger charge is 2.49. The summed E-state index contributed by atoms with van der Waals surface area (Å²) in [7, 11) is 0. The monoisotopic (exact) mass is 237 g/mol. The molecule has 1 atom stereocenters. The van der Waals surface area contributed by atoms with Crippen molar-refractivity contribution in [2.24, 2.45) is 5.41 Å². The Morgan fingerprint density at radius 2 is 2.17 bits per heavy atom. The van der Waals surface area contributed by atoms with E-state index in [-0.39, 0.29) is 5.91 Å². The van der Waals surface area contributed by atoms with Crippen LogP contribution in [-0.2, 0) is 4.79 Å². The van der Waals surface area contributed by atoms with Gasteiger partial charge in [-0.15, -0.1) is 0 Å². The van der Waals surface area contributed by atoms with Crippen molar-refractivity contribution >= 4 is 22.5 Å². The third kappa shape index (κ3) is 1.31. The minimum atomic E-state index is -0.878. The van der Waals surface area contributed by atoms with Crippen molar-refractivity contribution in [3.8, 4) is 6.07 Å². The number of amides is 1. The predicted molar refractivity (Wildman–Crippen MR) is 67.8 cm³/mol. The predicted octanol–water partition coefficient (Wildman–Crippen LogP) is 2.11. The molecule has 0 spiro atoms. The van der Waals surface area contributed by atoms with Gasteiger partial charge in [-0.25, -0.2) is 0 Å². The highest BCUT2D eigenvalue weighted by atomic mass is 16.2. The number of nitriles is 1. The second kappa shape index (κ2) is 3.54. The zero-order chi connectivity index (χ0) is 12.8. The first-order valence-electron chi connectivity index (χ1n) is 5.73. The van der Waals surface area contributed by atoms with E-state index >= 15 is 0 Å². The normalized spacial score (nSPS) is 22.7. The quantitative estimate of drug-likeness (QED) is 0.714. The fourth-order valence-corrected chi connectivity index (χ4v) is 2.25. The molecule has 1 saturated heterocycles. The fourth-order valence-electron chi connectivity index (χ4n) is 2.25. The fraction of sp³-hybridized carbons (Fsp3) is 0.214. The first kappa shape index (κ1) is 10.7. The number of nitrogens with zero attached hydrogens (tertiary/aromatic N) is 3. The number of pyridine rings is 1. The van der Waals surface area contributed by atoms with Gasteiger partial charge in [-0.3, -0.25) is 9.78 Å². The summed E-state index contributed by atoms with van der Waals surface area (Å²) in [5.74, 6) is -0.150. The molecule has 2 aromatic rings. The molecule has 18 heavy (non-hydrogen) atoms. The maximum absolute atomic E-state index is 12.0. The Bertz CT molecular complexity index is 683. The maximum Gasteiger partial charge on any atom is 0.249 e. The van der Waals surface area contributed by atoms with Crippen LogP contribution in [0.5, 0.6) is 0 Å². The molecule has 1 unspecified atom stereocenters. The number of rotatable bonds is 1. The minimum Gasteiger partial charge on any atom is -0.307 e. The van der Waals surface area contributed by atoms with Gasteiger partial charge >= 0.3 is 0 Å². The van der Waals surface area contributed by atoms with Gasteiger partial charge in [-0.05, 0) is 19.1 Å². The van der Waals surface area contributed by atoms with Crippen molar-refractivity contribution in [1.82, 2.24) is 4.98 Å². The van der Waals surface area contributed by atoms with E-state index < -0.39 is 5.41 Å². The molecule has 1 aromatic carbocycles. The van der Waals surface area contributed by atoms with Crippen molar-refractivity contribution in [3.63, 3.8) is 0 Å². The molecular formula is C14H11N3O. The van der Waals surface area contributed by atoms with Crippen LogP contribution < -0.4 is 4.90 Å². The van der Waals surface area contributed by atoms with Crippen LogP contribution in [0.25, 0.3) is 10.9 Å². The largest absolute Gasteiger partial charge is 0.307 e. The van der Waals surface area contributed by atoms with Crippen LogP contribution in [0.2, 0.25) is 0 Å². The first-order chi connectivity index (χ1) is 8.65. The van der Waals surface area contributed by atoms with Crippen molar-refractivity contribution in [1.29, 1.82) is 5.26 Å². The zero-order valence-corrected chi connectivity index (χ0v) is 9.92. The summed E-state index contributed by atoms with van der Waals surface area (Å²) in [6.45, 7) is 2.10. The van der Waals surface area contributed by atoms with Crippen molar-refractivity contribution in [3.05, 3.63) is 36.5 Å². The molecular weight excluding hydrogens is 226 g/mol. The number of para-hydroxylation sites is 1. The number of anilines is 1. The highest BCUT2D eigenvalue weighted by Crippen LogP contribution is 2.37. The van der Waals surface area contributed by atoms with Gasteiger partial charge in [0.25, 0.3) is 0 Å². The van der Waals surface area contributed by atoms with Crippen LogP contribution in [0.15, 0.2) is 36.5 Å². The van der Waals surface area contributed by atoms with Crippen LogP contribution in [0, 0.1) is 16.7 Å².